The number of nitrogens with two attached hydrogens (primary N) is 3. The highest BCUT2D eigenvalue weighted by molar-refractivity contribution is 5.69. The standard InChI is InChI=1S/C20H30N4O/c1-3-15-7-6-10-24(13-14(2)11-15)18(20(22)23)12-17(21)16-8-4-5-9-19(16)25/h4-9,12,14-15,25H,3,10-11,13,21-23H2,1-2H3/b7-6-,17-12-/t14?,15-/m0/s1. The molecular weight excluding hydrogens is 312 g/mol. The first kappa shape index (κ1) is 18.8. The van der Waals surface area contributed by atoms with Crippen molar-refractivity contribution in [2.45, 2.75) is 26.7 Å². The smallest absolute Gasteiger partial charge is 0.124 e. The van der Waals surface area contributed by atoms with Gasteiger partial charge in [0.25, 0.3) is 0 Å². The summed E-state index contributed by atoms with van der Waals surface area (Å²) in [7, 11) is 0. The van der Waals surface area contributed by atoms with Crippen LogP contribution in [0.3, 0.4) is 0 Å². The average molecular weight is 342 g/mol. The second kappa shape index (κ2) is 8.51. The summed E-state index contributed by atoms with van der Waals surface area (Å²) in [6, 6.07) is 6.97. The molecule has 1 aromatic rings. The number of allylic oxidation sites excluding steroid dienone is 2. The van der Waals surface area contributed by atoms with Crippen molar-refractivity contribution < 1.29 is 5.11 Å². The van der Waals surface area contributed by atoms with Gasteiger partial charge in [0.2, 0.25) is 0 Å². The molecule has 2 atom stereocenters. The number of nitrogens with zero attached hydrogens (tertiary/aromatic N) is 1. The summed E-state index contributed by atoms with van der Waals surface area (Å²) in [5.41, 5.74) is 19.8. The number of aromatic hydroxyl groups is 1. The minimum absolute atomic E-state index is 0.137. The van der Waals surface area contributed by atoms with E-state index in [1.165, 1.54) is 0 Å². The van der Waals surface area contributed by atoms with Gasteiger partial charge in [-0.1, -0.05) is 38.1 Å². The molecule has 5 nitrogen and oxygen atoms in total. The maximum absolute atomic E-state index is 10.00. The lowest BCUT2D eigenvalue weighted by Gasteiger charge is -2.31. The fourth-order valence-corrected chi connectivity index (χ4v) is 3.30. The van der Waals surface area contributed by atoms with Crippen molar-refractivity contribution in [1.82, 2.24) is 4.90 Å². The van der Waals surface area contributed by atoms with Crippen molar-refractivity contribution in [3.8, 4) is 5.75 Å². The Morgan fingerprint density at radius 2 is 2.00 bits per heavy atom. The Kier molecular flexibility index (Phi) is 6.39. The van der Waals surface area contributed by atoms with E-state index in [0.29, 0.717) is 28.8 Å². The molecule has 1 aliphatic heterocycles. The van der Waals surface area contributed by atoms with E-state index in [4.69, 9.17) is 17.2 Å². The Morgan fingerprint density at radius 1 is 1.28 bits per heavy atom. The molecule has 25 heavy (non-hydrogen) atoms. The molecule has 1 aromatic carbocycles. The maximum Gasteiger partial charge on any atom is 0.124 e. The summed E-state index contributed by atoms with van der Waals surface area (Å²) in [5, 5.41) is 10.00. The molecule has 7 N–H and O–H groups in total. The maximum atomic E-state index is 10.00. The quantitative estimate of drug-likeness (QED) is 0.498. The van der Waals surface area contributed by atoms with Gasteiger partial charge < -0.3 is 27.2 Å². The zero-order valence-electron chi connectivity index (χ0n) is 15.2. The molecule has 0 bridgehead atoms. The summed E-state index contributed by atoms with van der Waals surface area (Å²) >= 11 is 0. The third kappa shape index (κ3) is 4.95. The van der Waals surface area contributed by atoms with E-state index >= 15 is 0 Å². The van der Waals surface area contributed by atoms with Gasteiger partial charge in [0.15, 0.2) is 0 Å². The highest BCUT2D eigenvalue weighted by Crippen LogP contribution is 2.26. The van der Waals surface area contributed by atoms with Gasteiger partial charge in [0, 0.05) is 24.4 Å². The van der Waals surface area contributed by atoms with Gasteiger partial charge in [-0.2, -0.15) is 0 Å². The third-order valence-corrected chi connectivity index (χ3v) is 4.64. The van der Waals surface area contributed by atoms with Crippen LogP contribution in [0.15, 0.2) is 54.0 Å². The molecule has 1 unspecified atom stereocenters. The zero-order valence-corrected chi connectivity index (χ0v) is 15.2. The van der Waals surface area contributed by atoms with Crippen LogP contribution in [0, 0.1) is 11.8 Å². The molecular formula is C20H30N4O. The van der Waals surface area contributed by atoms with Gasteiger partial charge in [-0.25, -0.2) is 0 Å². The summed E-state index contributed by atoms with van der Waals surface area (Å²) in [5.74, 6) is 1.51. The van der Waals surface area contributed by atoms with Crippen molar-refractivity contribution in [1.29, 1.82) is 0 Å². The molecule has 0 saturated heterocycles. The minimum Gasteiger partial charge on any atom is -0.507 e. The molecule has 2 rings (SSSR count). The molecule has 5 heteroatoms. The van der Waals surface area contributed by atoms with E-state index in [-0.39, 0.29) is 11.6 Å². The molecule has 0 spiro atoms. The normalized spacial score (nSPS) is 22.8. The summed E-state index contributed by atoms with van der Waals surface area (Å²) < 4.78 is 0. The van der Waals surface area contributed by atoms with Crippen LogP contribution in [0.4, 0.5) is 0 Å². The van der Waals surface area contributed by atoms with Gasteiger partial charge in [-0.3, -0.25) is 0 Å². The first-order valence-electron chi connectivity index (χ1n) is 8.84. The van der Waals surface area contributed by atoms with E-state index in [1.54, 1.807) is 24.3 Å². The molecule has 1 aliphatic rings. The van der Waals surface area contributed by atoms with Crippen molar-refractivity contribution >= 4 is 5.70 Å². The number of para-hydroxylation sites is 1. The van der Waals surface area contributed by atoms with Crippen LogP contribution in [0.1, 0.15) is 32.3 Å². The lowest BCUT2D eigenvalue weighted by molar-refractivity contribution is 0.287. The van der Waals surface area contributed by atoms with Crippen molar-refractivity contribution in [3.63, 3.8) is 0 Å². The average Bonchev–Trinajstić information content (AvgIpc) is 2.55. The molecule has 0 radical (unpaired) electrons. The number of rotatable bonds is 4. The summed E-state index contributed by atoms with van der Waals surface area (Å²) in [6.07, 6.45) is 8.50. The number of benzene rings is 1. The fraction of sp³-hybridized carbons (Fsp3) is 0.400. The number of hydrogen-bond donors (Lipinski definition) is 4. The molecule has 136 valence electrons. The van der Waals surface area contributed by atoms with Crippen LogP contribution in [-0.2, 0) is 0 Å². The van der Waals surface area contributed by atoms with Gasteiger partial charge in [0.05, 0.1) is 5.70 Å². The molecule has 0 fully saturated rings. The van der Waals surface area contributed by atoms with Crippen molar-refractivity contribution in [3.05, 3.63) is 59.6 Å². The first-order valence-corrected chi connectivity index (χ1v) is 8.84. The van der Waals surface area contributed by atoms with Crippen LogP contribution >= 0.6 is 0 Å². The molecule has 0 aliphatic carbocycles. The minimum atomic E-state index is 0.137. The molecule has 0 saturated carbocycles. The zero-order chi connectivity index (χ0) is 18.4. The number of phenols is 1. The topological polar surface area (TPSA) is 102 Å². The van der Waals surface area contributed by atoms with Crippen molar-refractivity contribution in [2.24, 2.45) is 29.0 Å². The summed E-state index contributed by atoms with van der Waals surface area (Å²) in [4.78, 5) is 2.15. The Bertz CT molecular complexity index is 674. The summed E-state index contributed by atoms with van der Waals surface area (Å²) in [6.45, 7) is 6.06. The Hall–Kier alpha value is -2.56. The molecule has 1 heterocycles. The highest BCUT2D eigenvalue weighted by Gasteiger charge is 2.19. The van der Waals surface area contributed by atoms with Crippen LogP contribution in [0.5, 0.6) is 5.75 Å². The Morgan fingerprint density at radius 3 is 2.64 bits per heavy atom. The predicted molar refractivity (Wildman–Crippen MR) is 104 cm³/mol. The lowest BCUT2D eigenvalue weighted by atomic mass is 9.91. The van der Waals surface area contributed by atoms with E-state index < -0.39 is 0 Å². The van der Waals surface area contributed by atoms with E-state index in [0.717, 1.165) is 25.9 Å². The largest absolute Gasteiger partial charge is 0.507 e. The Labute approximate surface area is 150 Å². The highest BCUT2D eigenvalue weighted by atomic mass is 16.3. The molecule has 0 amide bonds. The van der Waals surface area contributed by atoms with E-state index in [2.05, 4.69) is 30.9 Å². The van der Waals surface area contributed by atoms with Gasteiger partial charge in [-0.15, -0.1) is 0 Å². The van der Waals surface area contributed by atoms with Crippen LogP contribution < -0.4 is 17.2 Å². The second-order valence-corrected chi connectivity index (χ2v) is 6.80. The SMILES string of the molecule is CC[C@H]1/C=C\CN(C(/C=C(\N)c2ccccc2O)=C(N)N)CC(C)C1. The predicted octanol–water partition coefficient (Wildman–Crippen LogP) is 2.70. The first-order chi connectivity index (χ1) is 11.9. The Balaban J connectivity index is 2.31. The molecule has 0 aromatic heterocycles. The lowest BCUT2D eigenvalue weighted by Crippen LogP contribution is -2.33. The van der Waals surface area contributed by atoms with Crippen LogP contribution in [0.2, 0.25) is 0 Å². The van der Waals surface area contributed by atoms with Crippen molar-refractivity contribution in [2.75, 3.05) is 13.1 Å². The van der Waals surface area contributed by atoms with Crippen LogP contribution in [-0.4, -0.2) is 23.1 Å². The second-order valence-electron chi connectivity index (χ2n) is 6.80. The number of phenolic OH excluding ortho intramolecular Hbond substituents is 1. The van der Waals surface area contributed by atoms with E-state index in [1.807, 2.05) is 6.07 Å². The monoisotopic (exact) mass is 342 g/mol. The van der Waals surface area contributed by atoms with Gasteiger partial charge in [0.1, 0.15) is 11.6 Å². The van der Waals surface area contributed by atoms with E-state index in [9.17, 15) is 5.11 Å². The van der Waals surface area contributed by atoms with Gasteiger partial charge in [-0.05, 0) is 42.9 Å². The fourth-order valence-electron chi connectivity index (χ4n) is 3.30. The van der Waals surface area contributed by atoms with Gasteiger partial charge >= 0.3 is 0 Å². The number of hydrogen-bond acceptors (Lipinski definition) is 5. The van der Waals surface area contributed by atoms with Crippen LogP contribution in [0.25, 0.3) is 5.70 Å². The third-order valence-electron chi connectivity index (χ3n) is 4.64.